The minimum absolute atomic E-state index is 0.0352. The number of aromatic nitrogens is 5. The Balaban J connectivity index is 1.79. The summed E-state index contributed by atoms with van der Waals surface area (Å²) in [6.45, 7) is 11.7. The van der Waals surface area contributed by atoms with Gasteiger partial charge in [-0.1, -0.05) is 61.9 Å². The highest BCUT2D eigenvalue weighted by atomic mass is 16.1. The SMILES string of the molecule is CCCC(c1nnnn1C(C)(C)C)N(Cc1ccccc1)Cc1cc2cccc(C)c2[nH]c1=O. The fourth-order valence-electron chi connectivity index (χ4n) is 4.49. The van der Waals surface area contributed by atoms with E-state index in [-0.39, 0.29) is 17.1 Å². The van der Waals surface area contributed by atoms with Gasteiger partial charge < -0.3 is 4.98 Å². The normalized spacial score (nSPS) is 13.0. The van der Waals surface area contributed by atoms with Crippen molar-refractivity contribution >= 4 is 10.9 Å². The lowest BCUT2D eigenvalue weighted by Crippen LogP contribution is -2.35. The Morgan fingerprint density at radius 2 is 1.82 bits per heavy atom. The molecule has 2 heterocycles. The number of aryl methyl sites for hydroxylation is 1. The van der Waals surface area contributed by atoms with Crippen LogP contribution in [0.25, 0.3) is 10.9 Å². The third-order valence-corrected chi connectivity index (χ3v) is 6.20. The van der Waals surface area contributed by atoms with Gasteiger partial charge in [0.25, 0.3) is 5.56 Å². The molecule has 0 spiro atoms. The van der Waals surface area contributed by atoms with Gasteiger partial charge in [-0.2, -0.15) is 0 Å². The number of benzene rings is 2. The van der Waals surface area contributed by atoms with Gasteiger partial charge in [0, 0.05) is 18.7 Å². The molecule has 34 heavy (non-hydrogen) atoms. The smallest absolute Gasteiger partial charge is 0.252 e. The molecule has 4 rings (SSSR count). The molecule has 0 fully saturated rings. The maximum Gasteiger partial charge on any atom is 0.252 e. The molecule has 0 aliphatic rings. The molecule has 0 saturated heterocycles. The predicted molar refractivity (Wildman–Crippen MR) is 135 cm³/mol. The van der Waals surface area contributed by atoms with Crippen LogP contribution in [0, 0.1) is 6.92 Å². The number of fused-ring (bicyclic) bond motifs is 1. The fourth-order valence-corrected chi connectivity index (χ4v) is 4.49. The average molecular weight is 459 g/mol. The molecule has 0 amide bonds. The molecule has 0 aliphatic carbocycles. The zero-order chi connectivity index (χ0) is 24.3. The molecule has 0 radical (unpaired) electrons. The van der Waals surface area contributed by atoms with E-state index in [4.69, 9.17) is 0 Å². The summed E-state index contributed by atoms with van der Waals surface area (Å²) in [4.78, 5) is 18.6. The van der Waals surface area contributed by atoms with Crippen LogP contribution in [0.15, 0.2) is 59.4 Å². The van der Waals surface area contributed by atoms with Crippen LogP contribution in [-0.2, 0) is 18.6 Å². The molecule has 0 aliphatic heterocycles. The Bertz CT molecular complexity index is 1300. The van der Waals surface area contributed by atoms with Crippen molar-refractivity contribution in [3.05, 3.63) is 87.5 Å². The minimum atomic E-state index is -0.249. The van der Waals surface area contributed by atoms with Gasteiger partial charge in [0.15, 0.2) is 5.82 Å². The molecular formula is C27H34N6O. The van der Waals surface area contributed by atoms with Crippen LogP contribution in [0.1, 0.15) is 69.1 Å². The van der Waals surface area contributed by atoms with Gasteiger partial charge in [-0.15, -0.1) is 5.10 Å². The van der Waals surface area contributed by atoms with Crippen molar-refractivity contribution in [1.29, 1.82) is 0 Å². The van der Waals surface area contributed by atoms with E-state index >= 15 is 0 Å². The van der Waals surface area contributed by atoms with Crippen LogP contribution in [-0.4, -0.2) is 30.1 Å². The Morgan fingerprint density at radius 1 is 1.06 bits per heavy atom. The second-order valence-electron chi connectivity index (χ2n) is 9.98. The van der Waals surface area contributed by atoms with Gasteiger partial charge in [0.05, 0.1) is 17.1 Å². The summed E-state index contributed by atoms with van der Waals surface area (Å²) in [6.07, 6.45) is 1.86. The number of tetrazole rings is 1. The fraction of sp³-hybridized carbons (Fsp3) is 0.407. The van der Waals surface area contributed by atoms with Gasteiger partial charge in [0.2, 0.25) is 0 Å². The van der Waals surface area contributed by atoms with E-state index in [1.165, 1.54) is 5.56 Å². The molecule has 0 bridgehead atoms. The Hall–Kier alpha value is -3.32. The van der Waals surface area contributed by atoms with E-state index in [1.807, 2.05) is 54.1 Å². The summed E-state index contributed by atoms with van der Waals surface area (Å²) in [7, 11) is 0. The highest BCUT2D eigenvalue weighted by molar-refractivity contribution is 5.81. The number of hydrogen-bond acceptors (Lipinski definition) is 5. The Kier molecular flexibility index (Phi) is 6.93. The first-order chi connectivity index (χ1) is 16.3. The molecule has 7 heteroatoms. The second-order valence-corrected chi connectivity index (χ2v) is 9.98. The number of nitrogens with zero attached hydrogens (tertiary/aromatic N) is 5. The zero-order valence-electron chi connectivity index (χ0n) is 20.7. The van der Waals surface area contributed by atoms with Crippen LogP contribution < -0.4 is 5.56 Å². The third kappa shape index (κ3) is 5.09. The largest absolute Gasteiger partial charge is 0.321 e. The van der Waals surface area contributed by atoms with E-state index in [0.717, 1.165) is 40.7 Å². The van der Waals surface area contributed by atoms with Crippen molar-refractivity contribution in [2.75, 3.05) is 0 Å². The van der Waals surface area contributed by atoms with E-state index in [0.29, 0.717) is 13.1 Å². The standard InChI is InChI=1S/C27H34N6O/c1-6-11-23(25-29-30-31-33(25)27(3,4)5)32(17-20-13-8-7-9-14-20)18-22-16-21-15-10-12-19(2)24(21)28-26(22)34/h7-10,12-16,23H,6,11,17-18H2,1-5H3,(H,28,34). The molecule has 0 saturated carbocycles. The highest BCUT2D eigenvalue weighted by Crippen LogP contribution is 2.30. The molecule has 1 atom stereocenters. The molecule has 7 nitrogen and oxygen atoms in total. The maximum absolute atomic E-state index is 13.1. The molecule has 2 aromatic carbocycles. The topological polar surface area (TPSA) is 79.7 Å². The summed E-state index contributed by atoms with van der Waals surface area (Å²) >= 11 is 0. The van der Waals surface area contributed by atoms with Crippen molar-refractivity contribution in [3.63, 3.8) is 0 Å². The van der Waals surface area contributed by atoms with Gasteiger partial charge >= 0.3 is 0 Å². The molecular weight excluding hydrogens is 424 g/mol. The number of hydrogen-bond donors (Lipinski definition) is 1. The quantitative estimate of drug-likeness (QED) is 0.396. The Labute approximate surface area is 200 Å². The first kappa shape index (κ1) is 23.8. The lowest BCUT2D eigenvalue weighted by Gasteiger charge is -2.33. The second kappa shape index (κ2) is 9.89. The van der Waals surface area contributed by atoms with Gasteiger partial charge in [-0.25, -0.2) is 4.68 Å². The van der Waals surface area contributed by atoms with Crippen molar-refractivity contribution < 1.29 is 0 Å². The summed E-state index contributed by atoms with van der Waals surface area (Å²) < 4.78 is 1.92. The Morgan fingerprint density at radius 3 is 2.53 bits per heavy atom. The number of rotatable bonds is 8. The summed E-state index contributed by atoms with van der Waals surface area (Å²) in [6, 6.07) is 18.4. The molecule has 1 unspecified atom stereocenters. The summed E-state index contributed by atoms with van der Waals surface area (Å²) in [5, 5.41) is 13.8. The van der Waals surface area contributed by atoms with Crippen LogP contribution in [0.4, 0.5) is 0 Å². The number of para-hydroxylation sites is 1. The van der Waals surface area contributed by atoms with Crippen molar-refractivity contribution in [1.82, 2.24) is 30.1 Å². The number of nitrogens with one attached hydrogen (secondary N) is 1. The first-order valence-corrected chi connectivity index (χ1v) is 12.0. The lowest BCUT2D eigenvalue weighted by molar-refractivity contribution is 0.148. The van der Waals surface area contributed by atoms with Gasteiger partial charge in [0.1, 0.15) is 0 Å². The molecule has 2 aromatic heterocycles. The molecule has 178 valence electrons. The number of aromatic amines is 1. The van der Waals surface area contributed by atoms with Crippen molar-refractivity contribution in [3.8, 4) is 0 Å². The number of pyridine rings is 1. The average Bonchev–Trinajstić information content (AvgIpc) is 3.29. The van der Waals surface area contributed by atoms with Gasteiger partial charge in [-0.05, 0) is 67.1 Å². The van der Waals surface area contributed by atoms with E-state index in [9.17, 15) is 4.79 Å². The zero-order valence-corrected chi connectivity index (χ0v) is 20.7. The predicted octanol–water partition coefficient (Wildman–Crippen LogP) is 5.12. The minimum Gasteiger partial charge on any atom is -0.321 e. The first-order valence-electron chi connectivity index (χ1n) is 12.0. The van der Waals surface area contributed by atoms with Crippen LogP contribution in [0.3, 0.4) is 0 Å². The summed E-state index contributed by atoms with van der Waals surface area (Å²) in [5.74, 6) is 0.832. The van der Waals surface area contributed by atoms with Crippen LogP contribution >= 0.6 is 0 Å². The molecule has 4 aromatic rings. The van der Waals surface area contributed by atoms with Crippen LogP contribution in [0.2, 0.25) is 0 Å². The molecule has 1 N–H and O–H groups in total. The maximum atomic E-state index is 13.1. The lowest BCUT2D eigenvalue weighted by atomic mass is 10.0. The monoisotopic (exact) mass is 458 g/mol. The van der Waals surface area contributed by atoms with E-state index in [1.54, 1.807) is 0 Å². The number of H-pyrrole nitrogens is 1. The van der Waals surface area contributed by atoms with Crippen molar-refractivity contribution in [2.45, 2.75) is 72.1 Å². The van der Waals surface area contributed by atoms with Crippen molar-refractivity contribution in [2.24, 2.45) is 0 Å². The summed E-state index contributed by atoms with van der Waals surface area (Å²) in [5.41, 5.74) is 3.59. The van der Waals surface area contributed by atoms with Crippen LogP contribution in [0.5, 0.6) is 0 Å². The van der Waals surface area contributed by atoms with E-state index < -0.39 is 0 Å². The third-order valence-electron chi connectivity index (χ3n) is 6.20. The van der Waals surface area contributed by atoms with E-state index in [2.05, 4.69) is 65.2 Å². The van der Waals surface area contributed by atoms with Gasteiger partial charge in [-0.3, -0.25) is 9.69 Å². The highest BCUT2D eigenvalue weighted by Gasteiger charge is 2.30.